The minimum Gasteiger partial charge on any atom is -0.492 e. The first-order valence-electron chi connectivity index (χ1n) is 7.18. The number of piperazine rings is 1. The molecule has 1 fully saturated rings. The smallest absolute Gasteiger partial charge is 0.304 e. The molecule has 0 radical (unpaired) electrons. The van der Waals surface area contributed by atoms with Crippen molar-refractivity contribution in [2.75, 3.05) is 45.9 Å². The topological polar surface area (TPSA) is 53.0 Å². The highest BCUT2D eigenvalue weighted by Crippen LogP contribution is 2.17. The number of halogens is 1. The maximum absolute atomic E-state index is 10.5. The fourth-order valence-electron chi connectivity index (χ4n) is 2.34. The second kappa shape index (κ2) is 8.36. The lowest BCUT2D eigenvalue weighted by Crippen LogP contribution is -2.47. The summed E-state index contributed by atoms with van der Waals surface area (Å²) < 4.78 is 6.75. The van der Waals surface area contributed by atoms with E-state index in [0.29, 0.717) is 13.2 Å². The average Bonchev–Trinajstić information content (AvgIpc) is 2.46. The Kier molecular flexibility index (Phi) is 6.48. The van der Waals surface area contributed by atoms with Crippen LogP contribution >= 0.6 is 15.9 Å². The largest absolute Gasteiger partial charge is 0.492 e. The molecule has 0 aliphatic carbocycles. The molecule has 1 aromatic rings. The summed E-state index contributed by atoms with van der Waals surface area (Å²) >= 11 is 3.42. The van der Waals surface area contributed by atoms with Crippen LogP contribution in [0, 0.1) is 0 Å². The fraction of sp³-hybridized carbons (Fsp3) is 0.533. The predicted octanol–water partition coefficient (Wildman–Crippen LogP) is 1.92. The van der Waals surface area contributed by atoms with Gasteiger partial charge in [-0.15, -0.1) is 0 Å². The van der Waals surface area contributed by atoms with Crippen LogP contribution in [0.25, 0.3) is 0 Å². The van der Waals surface area contributed by atoms with E-state index in [-0.39, 0.29) is 6.42 Å². The molecule has 1 N–H and O–H groups in total. The minimum atomic E-state index is -0.722. The Bertz CT molecular complexity index is 462. The normalized spacial score (nSPS) is 16.8. The van der Waals surface area contributed by atoms with Crippen LogP contribution < -0.4 is 4.74 Å². The second-order valence-corrected chi connectivity index (χ2v) is 6.05. The first-order valence-corrected chi connectivity index (χ1v) is 7.97. The molecule has 0 amide bonds. The van der Waals surface area contributed by atoms with Crippen molar-refractivity contribution in [2.24, 2.45) is 0 Å². The van der Waals surface area contributed by atoms with Gasteiger partial charge in [0.1, 0.15) is 12.4 Å². The summed E-state index contributed by atoms with van der Waals surface area (Å²) in [6, 6.07) is 7.85. The van der Waals surface area contributed by atoms with Gasteiger partial charge in [-0.05, 0) is 18.2 Å². The van der Waals surface area contributed by atoms with E-state index in [1.165, 1.54) is 0 Å². The van der Waals surface area contributed by atoms with Crippen LogP contribution in [-0.2, 0) is 4.79 Å². The molecule has 1 aliphatic heterocycles. The third kappa shape index (κ3) is 6.03. The molecule has 2 rings (SSSR count). The molecule has 0 spiro atoms. The van der Waals surface area contributed by atoms with Gasteiger partial charge in [-0.3, -0.25) is 9.69 Å². The molecular weight excluding hydrogens is 336 g/mol. The third-order valence-electron chi connectivity index (χ3n) is 3.58. The van der Waals surface area contributed by atoms with Crippen molar-refractivity contribution in [2.45, 2.75) is 6.42 Å². The highest BCUT2D eigenvalue weighted by molar-refractivity contribution is 9.10. The van der Waals surface area contributed by atoms with E-state index in [1.807, 2.05) is 24.3 Å². The van der Waals surface area contributed by atoms with Crippen molar-refractivity contribution >= 4 is 21.9 Å². The number of hydrogen-bond acceptors (Lipinski definition) is 4. The van der Waals surface area contributed by atoms with E-state index in [4.69, 9.17) is 9.84 Å². The summed E-state index contributed by atoms with van der Waals surface area (Å²) in [5.74, 6) is 0.157. The van der Waals surface area contributed by atoms with Crippen LogP contribution in [0.15, 0.2) is 28.7 Å². The maximum atomic E-state index is 10.5. The van der Waals surface area contributed by atoms with Gasteiger partial charge in [0.05, 0.1) is 6.42 Å². The van der Waals surface area contributed by atoms with Crippen LogP contribution in [0.5, 0.6) is 5.75 Å². The van der Waals surface area contributed by atoms with Crippen LogP contribution in [0.1, 0.15) is 6.42 Å². The molecule has 116 valence electrons. The van der Waals surface area contributed by atoms with Gasteiger partial charge in [-0.2, -0.15) is 0 Å². The Morgan fingerprint density at radius 2 is 1.86 bits per heavy atom. The van der Waals surface area contributed by atoms with Gasteiger partial charge < -0.3 is 14.7 Å². The van der Waals surface area contributed by atoms with E-state index >= 15 is 0 Å². The summed E-state index contributed by atoms with van der Waals surface area (Å²) in [5, 5.41) is 8.68. The number of benzene rings is 1. The standard InChI is InChI=1S/C15H21BrN2O3/c16-13-2-1-3-14(12-13)21-11-10-18-8-6-17(7-9-18)5-4-15(19)20/h1-3,12H,4-11H2,(H,19,20). The highest BCUT2D eigenvalue weighted by atomic mass is 79.9. The highest BCUT2D eigenvalue weighted by Gasteiger charge is 2.16. The molecule has 1 aromatic carbocycles. The molecule has 6 heteroatoms. The van der Waals surface area contributed by atoms with Crippen molar-refractivity contribution in [3.8, 4) is 5.75 Å². The molecule has 0 atom stereocenters. The van der Waals surface area contributed by atoms with Gasteiger partial charge in [0.15, 0.2) is 0 Å². The zero-order valence-electron chi connectivity index (χ0n) is 12.0. The molecule has 0 unspecified atom stereocenters. The predicted molar refractivity (Wildman–Crippen MR) is 84.8 cm³/mol. The Balaban J connectivity index is 1.61. The summed E-state index contributed by atoms with van der Waals surface area (Å²) in [4.78, 5) is 15.1. The molecule has 21 heavy (non-hydrogen) atoms. The summed E-state index contributed by atoms with van der Waals surface area (Å²) in [6.07, 6.45) is 0.228. The van der Waals surface area contributed by atoms with Crippen LogP contribution in [0.2, 0.25) is 0 Å². The van der Waals surface area contributed by atoms with Crippen molar-refractivity contribution in [3.63, 3.8) is 0 Å². The number of ether oxygens (including phenoxy) is 1. The Hall–Kier alpha value is -1.11. The molecule has 0 bridgehead atoms. The lowest BCUT2D eigenvalue weighted by molar-refractivity contribution is -0.137. The first-order chi connectivity index (χ1) is 10.1. The lowest BCUT2D eigenvalue weighted by Gasteiger charge is -2.34. The molecule has 0 aromatic heterocycles. The Morgan fingerprint density at radius 1 is 1.19 bits per heavy atom. The van der Waals surface area contributed by atoms with E-state index in [1.54, 1.807) is 0 Å². The van der Waals surface area contributed by atoms with Gasteiger partial charge in [0, 0.05) is 43.7 Å². The number of rotatable bonds is 7. The number of aliphatic carboxylic acids is 1. The number of carboxylic acids is 1. The number of nitrogens with zero attached hydrogens (tertiary/aromatic N) is 2. The van der Waals surface area contributed by atoms with E-state index in [2.05, 4.69) is 25.7 Å². The SMILES string of the molecule is O=C(O)CCN1CCN(CCOc2cccc(Br)c2)CC1. The average molecular weight is 357 g/mol. The third-order valence-corrected chi connectivity index (χ3v) is 4.07. The summed E-state index contributed by atoms with van der Waals surface area (Å²) in [6.45, 7) is 6.04. The van der Waals surface area contributed by atoms with Gasteiger partial charge in [-0.25, -0.2) is 0 Å². The zero-order valence-corrected chi connectivity index (χ0v) is 13.6. The van der Waals surface area contributed by atoms with Gasteiger partial charge in [-0.1, -0.05) is 22.0 Å². The fourth-order valence-corrected chi connectivity index (χ4v) is 2.72. The second-order valence-electron chi connectivity index (χ2n) is 5.13. The molecule has 0 saturated carbocycles. The molecule has 1 aliphatic rings. The van der Waals surface area contributed by atoms with Gasteiger partial charge in [0.2, 0.25) is 0 Å². The Morgan fingerprint density at radius 3 is 2.48 bits per heavy atom. The van der Waals surface area contributed by atoms with Crippen molar-refractivity contribution < 1.29 is 14.6 Å². The molecule has 1 saturated heterocycles. The minimum absolute atomic E-state index is 0.228. The van der Waals surface area contributed by atoms with Crippen LogP contribution in [-0.4, -0.2) is 66.8 Å². The summed E-state index contributed by atoms with van der Waals surface area (Å²) in [7, 11) is 0. The zero-order chi connectivity index (χ0) is 15.1. The van der Waals surface area contributed by atoms with Gasteiger partial charge in [0.25, 0.3) is 0 Å². The molecule has 1 heterocycles. The maximum Gasteiger partial charge on any atom is 0.304 e. The van der Waals surface area contributed by atoms with Crippen LogP contribution in [0.3, 0.4) is 0 Å². The summed E-state index contributed by atoms with van der Waals surface area (Å²) in [5.41, 5.74) is 0. The lowest BCUT2D eigenvalue weighted by atomic mass is 10.3. The molecular formula is C15H21BrN2O3. The molecule has 5 nitrogen and oxygen atoms in total. The van der Waals surface area contributed by atoms with E-state index in [9.17, 15) is 4.79 Å². The quantitative estimate of drug-likeness (QED) is 0.808. The Labute approximate surface area is 133 Å². The number of hydrogen-bond donors (Lipinski definition) is 1. The number of carbonyl (C=O) groups is 1. The van der Waals surface area contributed by atoms with Crippen molar-refractivity contribution in [1.29, 1.82) is 0 Å². The van der Waals surface area contributed by atoms with Crippen LogP contribution in [0.4, 0.5) is 0 Å². The van der Waals surface area contributed by atoms with E-state index < -0.39 is 5.97 Å². The first kappa shape index (κ1) is 16.3. The number of carboxylic acid groups (broad SMARTS) is 1. The van der Waals surface area contributed by atoms with E-state index in [0.717, 1.165) is 42.9 Å². The van der Waals surface area contributed by atoms with Gasteiger partial charge >= 0.3 is 5.97 Å². The van der Waals surface area contributed by atoms with Crippen molar-refractivity contribution in [3.05, 3.63) is 28.7 Å². The van der Waals surface area contributed by atoms with Crippen molar-refractivity contribution in [1.82, 2.24) is 9.80 Å². The monoisotopic (exact) mass is 356 g/mol.